The molecule has 9 nitrogen and oxygen atoms in total. The van der Waals surface area contributed by atoms with Gasteiger partial charge in [0.1, 0.15) is 5.75 Å². The number of aromatic nitrogens is 1. The number of hydrogen-bond acceptors (Lipinski definition) is 9. The molecule has 1 aliphatic heterocycles. The fraction of sp³-hybridized carbons (Fsp3) is 0.227. The summed E-state index contributed by atoms with van der Waals surface area (Å²) in [6.45, 7) is 3.93. The summed E-state index contributed by atoms with van der Waals surface area (Å²) in [5.41, 5.74) is 0.885. The molecule has 4 rings (SSSR count). The predicted molar refractivity (Wildman–Crippen MR) is 146 cm³/mol. The van der Waals surface area contributed by atoms with Crippen LogP contribution in [0.4, 0.5) is 0 Å². The fourth-order valence-electron chi connectivity index (χ4n) is 3.69. The van der Waals surface area contributed by atoms with Gasteiger partial charge in [-0.2, -0.15) is 16.8 Å². The van der Waals surface area contributed by atoms with E-state index in [9.17, 15) is 30.7 Å². The Labute approximate surface area is 219 Å². The van der Waals surface area contributed by atoms with E-state index >= 15 is 0 Å². The summed E-state index contributed by atoms with van der Waals surface area (Å²) >= 11 is 3.87. The molecule has 192 valence electrons. The number of thiophene rings is 1. The lowest BCUT2D eigenvalue weighted by Gasteiger charge is -2.18. The topological polar surface area (TPSA) is 134 Å². The summed E-state index contributed by atoms with van der Waals surface area (Å²) in [5, 5.41) is 3.03. The number of benzene rings is 1. The van der Waals surface area contributed by atoms with Gasteiger partial charge in [-0.1, -0.05) is 30.0 Å². The molecule has 0 aliphatic carbocycles. The Hall–Kier alpha value is -2.20. The Balaban J connectivity index is 1.83. The first kappa shape index (κ1) is 26.9. The predicted octanol–water partition coefficient (Wildman–Crippen LogP) is 2.74. The third-order valence-corrected chi connectivity index (χ3v) is 9.81. The summed E-state index contributed by atoms with van der Waals surface area (Å²) < 4.78 is 68.3. The van der Waals surface area contributed by atoms with Crippen molar-refractivity contribution < 1.29 is 25.9 Å². The normalized spacial score (nSPS) is 17.1. The third-order valence-electron chi connectivity index (χ3n) is 5.28. The molecule has 0 bridgehead atoms. The second-order valence-electron chi connectivity index (χ2n) is 7.85. The summed E-state index contributed by atoms with van der Waals surface area (Å²) in [4.78, 5) is 15.1. The van der Waals surface area contributed by atoms with Gasteiger partial charge in [-0.25, -0.2) is 0 Å². The molecule has 2 aromatic heterocycles. The molecule has 2 N–H and O–H groups in total. The highest BCUT2D eigenvalue weighted by Gasteiger charge is 2.22. The molecular formula is C22H22N2O7S5. The highest BCUT2D eigenvalue weighted by atomic mass is 32.2. The maximum Gasteiger partial charge on any atom is 0.283 e. The molecule has 0 saturated carbocycles. The molecule has 3 heterocycles. The Morgan fingerprint density at radius 3 is 2.42 bits per heavy atom. The molecule has 0 saturated heterocycles. The summed E-state index contributed by atoms with van der Waals surface area (Å²) in [5.74, 6) is -1.13. The number of nitrogens with zero attached hydrogens (tertiary/aromatic N) is 2. The second-order valence-corrected chi connectivity index (χ2v) is 13.8. The van der Waals surface area contributed by atoms with Crippen LogP contribution in [-0.4, -0.2) is 41.3 Å². The van der Waals surface area contributed by atoms with Gasteiger partial charge in [0, 0.05) is 21.8 Å². The van der Waals surface area contributed by atoms with E-state index in [2.05, 4.69) is 0 Å². The Kier molecular flexibility index (Phi) is 7.67. The molecule has 36 heavy (non-hydrogen) atoms. The van der Waals surface area contributed by atoms with Crippen molar-refractivity contribution in [1.82, 2.24) is 9.47 Å². The lowest BCUT2D eigenvalue weighted by atomic mass is 10.1. The number of thiazole rings is 1. The number of rotatable bonds is 7. The van der Waals surface area contributed by atoms with Gasteiger partial charge in [-0.15, -0.1) is 22.7 Å². The van der Waals surface area contributed by atoms with Gasteiger partial charge in [0.15, 0.2) is 5.88 Å². The van der Waals surface area contributed by atoms with Crippen molar-refractivity contribution in [2.75, 3.05) is 5.88 Å². The summed E-state index contributed by atoms with van der Waals surface area (Å²) in [7, 11) is -8.52. The van der Waals surface area contributed by atoms with Crippen LogP contribution in [0.1, 0.15) is 24.3 Å². The van der Waals surface area contributed by atoms with Gasteiger partial charge in [-0.3, -0.25) is 18.5 Å². The Morgan fingerprint density at radius 2 is 1.75 bits per heavy atom. The maximum absolute atomic E-state index is 13.1. The van der Waals surface area contributed by atoms with E-state index < -0.39 is 31.9 Å². The van der Waals surface area contributed by atoms with Crippen LogP contribution in [0.2, 0.25) is 0 Å². The molecule has 0 amide bonds. The van der Waals surface area contributed by atoms with E-state index in [1.54, 1.807) is 47.3 Å². The van der Waals surface area contributed by atoms with Crippen LogP contribution in [-0.2, 0) is 32.5 Å². The van der Waals surface area contributed by atoms with Crippen molar-refractivity contribution in [1.29, 1.82) is 0 Å². The van der Waals surface area contributed by atoms with E-state index in [1.807, 2.05) is 19.1 Å². The number of hydrogen-bond donors (Lipinski definition) is 2. The molecule has 0 atom stereocenters. The molecule has 0 unspecified atom stereocenters. The maximum atomic E-state index is 13.1. The summed E-state index contributed by atoms with van der Waals surface area (Å²) in [6.07, 6.45) is 4.99. The minimum Gasteiger partial charge on any atom is -0.322 e. The van der Waals surface area contributed by atoms with Crippen molar-refractivity contribution in [2.45, 2.75) is 26.1 Å². The standard InChI is InChI=1S/C22H22N2O7S5/c1-3-23-21(10-19-16(12-35(26,27)28)15-6-4-5-7-17(15)33-19)34-18(22(23)25)8-9-20-24(13-36(29,30)31)14(2)11-32-20/h4-11H,3,12-13H2,1-2H3,(H,26,27,28)(H,29,30,31)/b18-8-,20-9+,21-10?. The first-order valence-electron chi connectivity index (χ1n) is 10.5. The van der Waals surface area contributed by atoms with Crippen LogP contribution in [0.15, 0.2) is 51.3 Å². The zero-order valence-electron chi connectivity index (χ0n) is 19.1. The van der Waals surface area contributed by atoms with E-state index in [0.29, 0.717) is 36.9 Å². The lowest BCUT2D eigenvalue weighted by Crippen LogP contribution is -2.30. The monoisotopic (exact) mass is 586 g/mol. The first-order valence-corrected chi connectivity index (χ1v) is 16.2. The number of allylic oxidation sites excluding steroid dienone is 2. The van der Waals surface area contributed by atoms with Gasteiger partial charge >= 0.3 is 0 Å². The number of thioether (sulfide) groups is 1. The molecule has 1 aliphatic rings. The van der Waals surface area contributed by atoms with Crippen LogP contribution < -0.4 is 14.8 Å². The molecule has 0 spiro atoms. The fourth-order valence-corrected chi connectivity index (χ4v) is 8.40. The van der Waals surface area contributed by atoms with Crippen molar-refractivity contribution in [3.8, 4) is 0 Å². The van der Waals surface area contributed by atoms with E-state index in [1.165, 1.54) is 39.3 Å². The van der Waals surface area contributed by atoms with Crippen LogP contribution in [0.3, 0.4) is 0 Å². The van der Waals surface area contributed by atoms with Crippen molar-refractivity contribution in [2.24, 2.45) is 0 Å². The molecule has 1 aromatic carbocycles. The third kappa shape index (κ3) is 6.02. The smallest absolute Gasteiger partial charge is 0.283 e. The van der Waals surface area contributed by atoms with Gasteiger partial charge in [-0.05, 0) is 54.5 Å². The van der Waals surface area contributed by atoms with E-state index in [4.69, 9.17) is 0 Å². The van der Waals surface area contributed by atoms with E-state index in [0.717, 1.165) is 10.1 Å². The molecule has 14 heteroatoms. The van der Waals surface area contributed by atoms with Crippen LogP contribution >= 0.6 is 34.4 Å². The SMILES string of the molecule is CCn1c(=Cc2sc3ccccc3c2CS(=O)(=O)O)s/c(=C\C=C2\SC=C(C)N2CS(=O)(=O)O)c1=O. The van der Waals surface area contributed by atoms with Crippen LogP contribution in [0, 0.1) is 0 Å². The van der Waals surface area contributed by atoms with Crippen molar-refractivity contribution >= 4 is 76.9 Å². The molecule has 0 fully saturated rings. The first-order chi connectivity index (χ1) is 16.9. The van der Waals surface area contributed by atoms with Crippen molar-refractivity contribution in [3.05, 3.63) is 76.5 Å². The highest BCUT2D eigenvalue weighted by molar-refractivity contribution is 8.06. The average molecular weight is 587 g/mol. The quantitative estimate of drug-likeness (QED) is 0.401. The Morgan fingerprint density at radius 1 is 1.03 bits per heavy atom. The molecular weight excluding hydrogens is 565 g/mol. The number of fused-ring (bicyclic) bond motifs is 1. The lowest BCUT2D eigenvalue weighted by molar-refractivity contribution is 0.441. The van der Waals surface area contributed by atoms with Crippen LogP contribution in [0.5, 0.6) is 0 Å². The average Bonchev–Trinajstić information content (AvgIpc) is 3.39. The zero-order valence-corrected chi connectivity index (χ0v) is 23.2. The molecule has 3 aromatic rings. The molecule has 0 radical (unpaired) electrons. The van der Waals surface area contributed by atoms with Gasteiger partial charge in [0.25, 0.3) is 25.8 Å². The highest BCUT2D eigenvalue weighted by Crippen LogP contribution is 2.34. The van der Waals surface area contributed by atoms with Gasteiger partial charge in [0.2, 0.25) is 0 Å². The van der Waals surface area contributed by atoms with Gasteiger partial charge in [0.05, 0.1) is 14.2 Å². The largest absolute Gasteiger partial charge is 0.322 e. The zero-order chi connectivity index (χ0) is 26.3. The Bertz CT molecular complexity index is 1790. The minimum absolute atomic E-state index is 0.239. The van der Waals surface area contributed by atoms with Gasteiger partial charge < -0.3 is 4.90 Å². The van der Waals surface area contributed by atoms with Crippen molar-refractivity contribution in [3.63, 3.8) is 0 Å². The second kappa shape index (κ2) is 10.3. The summed E-state index contributed by atoms with van der Waals surface area (Å²) in [6, 6.07) is 7.30. The van der Waals surface area contributed by atoms with E-state index in [-0.39, 0.29) is 5.56 Å². The minimum atomic E-state index is -4.28. The van der Waals surface area contributed by atoms with Crippen LogP contribution in [0.25, 0.3) is 22.2 Å².